The Bertz CT molecular complexity index is 588. The highest BCUT2D eigenvalue weighted by molar-refractivity contribution is 5.76. The van der Waals surface area contributed by atoms with Gasteiger partial charge in [-0.25, -0.2) is 4.39 Å². The predicted molar refractivity (Wildman–Crippen MR) is 73.6 cm³/mol. The standard InChI is InChI=1S/C14H15FN2O2/c1-18-10-4-6-12(11(16)8-10)17-13-5-3-9(15)7-14(13)19-2/h3-8,17H,16H2,1-2H3. The number of halogens is 1. The zero-order chi connectivity index (χ0) is 13.8. The quantitative estimate of drug-likeness (QED) is 0.831. The smallest absolute Gasteiger partial charge is 0.145 e. The summed E-state index contributed by atoms with van der Waals surface area (Å²) in [6, 6.07) is 9.54. The van der Waals surface area contributed by atoms with Crippen molar-refractivity contribution >= 4 is 17.1 Å². The van der Waals surface area contributed by atoms with Crippen LogP contribution in [0, 0.1) is 5.82 Å². The zero-order valence-corrected chi connectivity index (χ0v) is 10.7. The second-order valence-electron chi connectivity index (χ2n) is 3.92. The molecule has 0 saturated carbocycles. The molecule has 2 aromatic carbocycles. The number of ether oxygens (including phenoxy) is 2. The first-order chi connectivity index (χ1) is 9.13. The number of nitrogens with one attached hydrogen (secondary N) is 1. The lowest BCUT2D eigenvalue weighted by Gasteiger charge is -2.13. The molecule has 100 valence electrons. The van der Waals surface area contributed by atoms with Crippen LogP contribution in [0.15, 0.2) is 36.4 Å². The molecular weight excluding hydrogens is 247 g/mol. The average Bonchev–Trinajstić information content (AvgIpc) is 2.42. The minimum absolute atomic E-state index is 0.356. The summed E-state index contributed by atoms with van der Waals surface area (Å²) in [6.07, 6.45) is 0. The third kappa shape index (κ3) is 2.88. The normalized spacial score (nSPS) is 10.1. The van der Waals surface area contributed by atoms with Crippen LogP contribution >= 0.6 is 0 Å². The van der Waals surface area contributed by atoms with Crippen molar-refractivity contribution in [1.29, 1.82) is 0 Å². The molecule has 5 heteroatoms. The first kappa shape index (κ1) is 13.0. The average molecular weight is 262 g/mol. The summed E-state index contributed by atoms with van der Waals surface area (Å²) in [5.74, 6) is 0.731. The molecule has 0 spiro atoms. The Kier molecular flexibility index (Phi) is 3.75. The van der Waals surface area contributed by atoms with E-state index in [1.54, 1.807) is 31.4 Å². The lowest BCUT2D eigenvalue weighted by molar-refractivity contribution is 0.413. The van der Waals surface area contributed by atoms with Crippen LogP contribution in [-0.2, 0) is 0 Å². The Morgan fingerprint density at radius 1 is 1.00 bits per heavy atom. The van der Waals surface area contributed by atoms with E-state index in [2.05, 4.69) is 5.32 Å². The van der Waals surface area contributed by atoms with Crippen molar-refractivity contribution in [2.45, 2.75) is 0 Å². The van der Waals surface area contributed by atoms with E-state index in [4.69, 9.17) is 15.2 Å². The highest BCUT2D eigenvalue weighted by atomic mass is 19.1. The van der Waals surface area contributed by atoms with Crippen molar-refractivity contribution in [3.63, 3.8) is 0 Å². The molecule has 0 aliphatic carbocycles. The van der Waals surface area contributed by atoms with Gasteiger partial charge in [-0.1, -0.05) is 0 Å². The SMILES string of the molecule is COc1ccc(Nc2ccc(F)cc2OC)c(N)c1. The number of anilines is 3. The zero-order valence-electron chi connectivity index (χ0n) is 10.7. The molecule has 3 N–H and O–H groups in total. The van der Waals surface area contributed by atoms with Gasteiger partial charge >= 0.3 is 0 Å². The molecule has 0 unspecified atom stereocenters. The second kappa shape index (κ2) is 5.48. The van der Waals surface area contributed by atoms with Gasteiger partial charge in [0.25, 0.3) is 0 Å². The Balaban J connectivity index is 2.31. The van der Waals surface area contributed by atoms with Crippen molar-refractivity contribution in [3.05, 3.63) is 42.2 Å². The molecule has 0 heterocycles. The van der Waals surface area contributed by atoms with E-state index in [1.165, 1.54) is 19.2 Å². The van der Waals surface area contributed by atoms with Crippen molar-refractivity contribution in [2.75, 3.05) is 25.3 Å². The Hall–Kier alpha value is -2.43. The summed E-state index contributed by atoms with van der Waals surface area (Å²) in [6.45, 7) is 0. The van der Waals surface area contributed by atoms with E-state index in [9.17, 15) is 4.39 Å². The van der Waals surface area contributed by atoms with Crippen molar-refractivity contribution in [2.24, 2.45) is 0 Å². The Morgan fingerprint density at radius 2 is 1.74 bits per heavy atom. The third-order valence-electron chi connectivity index (χ3n) is 2.69. The Morgan fingerprint density at radius 3 is 2.37 bits per heavy atom. The molecular formula is C14H15FN2O2. The van der Waals surface area contributed by atoms with Gasteiger partial charge in [0.05, 0.1) is 31.3 Å². The molecule has 4 nitrogen and oxygen atoms in total. The Labute approximate surface area is 111 Å². The van der Waals surface area contributed by atoms with E-state index >= 15 is 0 Å². The molecule has 2 aromatic rings. The summed E-state index contributed by atoms with van der Waals surface area (Å²) in [7, 11) is 3.06. The number of hydrogen-bond acceptors (Lipinski definition) is 4. The molecule has 0 fully saturated rings. The van der Waals surface area contributed by atoms with Crippen LogP contribution in [0.1, 0.15) is 0 Å². The summed E-state index contributed by atoms with van der Waals surface area (Å²) in [5.41, 5.74) is 7.78. The third-order valence-corrected chi connectivity index (χ3v) is 2.69. The maximum atomic E-state index is 13.1. The molecule has 0 atom stereocenters. The molecule has 0 aromatic heterocycles. The van der Waals surface area contributed by atoms with Crippen LogP contribution in [0.3, 0.4) is 0 Å². The number of nitrogen functional groups attached to an aromatic ring is 1. The number of benzene rings is 2. The lowest BCUT2D eigenvalue weighted by atomic mass is 10.2. The highest BCUT2D eigenvalue weighted by Crippen LogP contribution is 2.32. The second-order valence-corrected chi connectivity index (χ2v) is 3.92. The van der Waals surface area contributed by atoms with Crippen molar-refractivity contribution in [3.8, 4) is 11.5 Å². The predicted octanol–water partition coefficient (Wildman–Crippen LogP) is 3.17. The molecule has 2 rings (SSSR count). The molecule has 0 saturated heterocycles. The van der Waals surface area contributed by atoms with E-state index in [1.807, 2.05) is 0 Å². The minimum atomic E-state index is -0.356. The van der Waals surface area contributed by atoms with E-state index in [0.717, 1.165) is 0 Å². The van der Waals surface area contributed by atoms with Gasteiger partial charge in [-0.05, 0) is 24.3 Å². The van der Waals surface area contributed by atoms with E-state index in [0.29, 0.717) is 28.6 Å². The monoisotopic (exact) mass is 262 g/mol. The molecule has 0 aliphatic heterocycles. The first-order valence-electron chi connectivity index (χ1n) is 5.68. The van der Waals surface area contributed by atoms with Crippen molar-refractivity contribution in [1.82, 2.24) is 0 Å². The number of methoxy groups -OCH3 is 2. The lowest BCUT2D eigenvalue weighted by Crippen LogP contribution is -1.99. The maximum Gasteiger partial charge on any atom is 0.145 e. The fraction of sp³-hybridized carbons (Fsp3) is 0.143. The van der Waals surface area contributed by atoms with Crippen LogP contribution in [0.25, 0.3) is 0 Å². The number of nitrogens with two attached hydrogens (primary N) is 1. The van der Waals surface area contributed by atoms with Crippen LogP contribution in [0.4, 0.5) is 21.5 Å². The largest absolute Gasteiger partial charge is 0.497 e. The fourth-order valence-corrected chi connectivity index (χ4v) is 1.70. The van der Waals surface area contributed by atoms with E-state index < -0.39 is 0 Å². The topological polar surface area (TPSA) is 56.5 Å². The fourth-order valence-electron chi connectivity index (χ4n) is 1.70. The van der Waals surface area contributed by atoms with Gasteiger partial charge in [0.2, 0.25) is 0 Å². The highest BCUT2D eigenvalue weighted by Gasteiger charge is 2.07. The van der Waals surface area contributed by atoms with Crippen LogP contribution < -0.4 is 20.5 Å². The summed E-state index contributed by atoms with van der Waals surface area (Å²) in [4.78, 5) is 0. The summed E-state index contributed by atoms with van der Waals surface area (Å²) in [5, 5.41) is 3.10. The number of hydrogen-bond donors (Lipinski definition) is 2. The van der Waals surface area contributed by atoms with Crippen LogP contribution in [0.2, 0.25) is 0 Å². The van der Waals surface area contributed by atoms with Gasteiger partial charge in [0, 0.05) is 12.1 Å². The summed E-state index contributed by atoms with van der Waals surface area (Å²) < 4.78 is 23.3. The van der Waals surface area contributed by atoms with Gasteiger partial charge in [-0.3, -0.25) is 0 Å². The van der Waals surface area contributed by atoms with Gasteiger partial charge in [-0.2, -0.15) is 0 Å². The molecule has 0 bridgehead atoms. The van der Waals surface area contributed by atoms with Gasteiger partial charge in [0.1, 0.15) is 17.3 Å². The van der Waals surface area contributed by atoms with Gasteiger partial charge in [0.15, 0.2) is 0 Å². The summed E-state index contributed by atoms with van der Waals surface area (Å²) >= 11 is 0. The van der Waals surface area contributed by atoms with E-state index in [-0.39, 0.29) is 5.82 Å². The number of rotatable bonds is 4. The van der Waals surface area contributed by atoms with Crippen molar-refractivity contribution < 1.29 is 13.9 Å². The maximum absolute atomic E-state index is 13.1. The first-order valence-corrected chi connectivity index (χ1v) is 5.68. The minimum Gasteiger partial charge on any atom is -0.497 e. The molecule has 0 amide bonds. The van der Waals surface area contributed by atoms with Gasteiger partial charge in [-0.15, -0.1) is 0 Å². The molecule has 0 aliphatic rings. The van der Waals surface area contributed by atoms with Crippen LogP contribution in [0.5, 0.6) is 11.5 Å². The molecule has 0 radical (unpaired) electrons. The van der Waals surface area contributed by atoms with Crippen LogP contribution in [-0.4, -0.2) is 14.2 Å². The van der Waals surface area contributed by atoms with Gasteiger partial charge < -0.3 is 20.5 Å². The molecule has 19 heavy (non-hydrogen) atoms.